The third-order valence-corrected chi connectivity index (χ3v) is 7.09. The molecule has 0 aliphatic carbocycles. The standard InChI is InChI=1S/C28H39N5O3/c1-3-22-6-4-5-7-25(22)31-28(35)30-23-8-9-26(33-13-10-21(2)11-14-33)24(20-23)27(34)29-12-15-32-16-18-36-19-17-32/h4-9,20-21H,3,10-19H2,1-2H3,(H,29,34)(H2,30,31,35). The fraction of sp³-hybridized carbons (Fsp3) is 0.500. The maximum atomic E-state index is 13.3. The molecule has 2 aliphatic heterocycles. The number of benzene rings is 2. The van der Waals surface area contributed by atoms with Gasteiger partial charge in [0.05, 0.1) is 18.8 Å². The molecule has 2 saturated heterocycles. The lowest BCUT2D eigenvalue weighted by atomic mass is 9.98. The van der Waals surface area contributed by atoms with E-state index in [1.54, 1.807) is 6.07 Å². The Bertz CT molecular complexity index is 1030. The quantitative estimate of drug-likeness (QED) is 0.513. The molecule has 2 fully saturated rings. The lowest BCUT2D eigenvalue weighted by Crippen LogP contribution is -2.41. The highest BCUT2D eigenvalue weighted by Crippen LogP contribution is 2.29. The molecular weight excluding hydrogens is 454 g/mol. The van der Waals surface area contributed by atoms with E-state index in [4.69, 9.17) is 4.74 Å². The topological polar surface area (TPSA) is 85.9 Å². The minimum Gasteiger partial charge on any atom is -0.379 e. The largest absolute Gasteiger partial charge is 0.379 e. The highest BCUT2D eigenvalue weighted by Gasteiger charge is 2.22. The van der Waals surface area contributed by atoms with E-state index in [2.05, 4.69) is 39.6 Å². The van der Waals surface area contributed by atoms with E-state index >= 15 is 0 Å². The number of hydrogen-bond acceptors (Lipinski definition) is 5. The van der Waals surface area contributed by atoms with E-state index in [0.29, 0.717) is 23.7 Å². The van der Waals surface area contributed by atoms with Crippen molar-refractivity contribution in [3.63, 3.8) is 0 Å². The number of morpholine rings is 1. The summed E-state index contributed by atoms with van der Waals surface area (Å²) in [6, 6.07) is 13.1. The van der Waals surface area contributed by atoms with Crippen molar-refractivity contribution in [2.45, 2.75) is 33.1 Å². The van der Waals surface area contributed by atoms with Crippen molar-refractivity contribution in [3.05, 3.63) is 53.6 Å². The number of carbonyl (C=O) groups excluding carboxylic acids is 2. The number of ether oxygens (including phenoxy) is 1. The van der Waals surface area contributed by atoms with Crippen LogP contribution in [0.25, 0.3) is 0 Å². The number of nitrogens with one attached hydrogen (secondary N) is 3. The van der Waals surface area contributed by atoms with Gasteiger partial charge in [-0.25, -0.2) is 4.79 Å². The van der Waals surface area contributed by atoms with Gasteiger partial charge in [-0.2, -0.15) is 0 Å². The molecule has 3 amide bonds. The molecule has 0 aromatic heterocycles. The smallest absolute Gasteiger partial charge is 0.323 e. The van der Waals surface area contributed by atoms with Gasteiger partial charge in [0.25, 0.3) is 5.91 Å². The molecule has 2 heterocycles. The Kier molecular flexibility index (Phi) is 9.19. The lowest BCUT2D eigenvalue weighted by molar-refractivity contribution is 0.0383. The van der Waals surface area contributed by atoms with Crippen molar-refractivity contribution < 1.29 is 14.3 Å². The van der Waals surface area contributed by atoms with Crippen molar-refractivity contribution in [1.82, 2.24) is 10.2 Å². The second kappa shape index (κ2) is 12.7. The minimum atomic E-state index is -0.325. The van der Waals surface area contributed by atoms with Crippen molar-refractivity contribution in [2.24, 2.45) is 5.92 Å². The molecule has 8 heteroatoms. The van der Waals surface area contributed by atoms with Gasteiger partial charge in [0, 0.05) is 56.3 Å². The van der Waals surface area contributed by atoms with Crippen LogP contribution in [0.15, 0.2) is 42.5 Å². The molecule has 36 heavy (non-hydrogen) atoms. The summed E-state index contributed by atoms with van der Waals surface area (Å²) in [6.45, 7) is 10.8. The summed E-state index contributed by atoms with van der Waals surface area (Å²) in [7, 11) is 0. The molecule has 0 atom stereocenters. The van der Waals surface area contributed by atoms with E-state index in [9.17, 15) is 9.59 Å². The first-order valence-corrected chi connectivity index (χ1v) is 13.2. The average molecular weight is 494 g/mol. The van der Waals surface area contributed by atoms with Crippen LogP contribution in [0.4, 0.5) is 21.9 Å². The second-order valence-corrected chi connectivity index (χ2v) is 9.70. The number of nitrogens with zero attached hydrogens (tertiary/aromatic N) is 2. The first-order valence-electron chi connectivity index (χ1n) is 13.2. The number of rotatable bonds is 8. The highest BCUT2D eigenvalue weighted by molar-refractivity contribution is 6.04. The van der Waals surface area contributed by atoms with Crippen molar-refractivity contribution in [1.29, 1.82) is 0 Å². The predicted molar refractivity (Wildman–Crippen MR) is 145 cm³/mol. The number of para-hydroxylation sites is 1. The second-order valence-electron chi connectivity index (χ2n) is 9.70. The molecule has 3 N–H and O–H groups in total. The van der Waals surface area contributed by atoms with Gasteiger partial charge in [0.2, 0.25) is 0 Å². The zero-order valence-electron chi connectivity index (χ0n) is 21.5. The molecule has 2 aliphatic rings. The van der Waals surface area contributed by atoms with Crippen LogP contribution < -0.4 is 20.9 Å². The van der Waals surface area contributed by atoms with Crippen LogP contribution in [0.5, 0.6) is 0 Å². The molecule has 0 spiro atoms. The Balaban J connectivity index is 1.46. The van der Waals surface area contributed by atoms with E-state index < -0.39 is 0 Å². The van der Waals surface area contributed by atoms with Gasteiger partial charge in [-0.15, -0.1) is 0 Å². The number of carbonyl (C=O) groups is 2. The normalized spacial score (nSPS) is 17.0. The summed E-state index contributed by atoms with van der Waals surface area (Å²) in [6.07, 6.45) is 3.04. The molecular formula is C28H39N5O3. The van der Waals surface area contributed by atoms with Gasteiger partial charge in [0.15, 0.2) is 0 Å². The first-order chi connectivity index (χ1) is 17.5. The molecule has 4 rings (SSSR count). The fourth-order valence-electron chi connectivity index (χ4n) is 4.80. The average Bonchev–Trinajstić information content (AvgIpc) is 2.90. The summed E-state index contributed by atoms with van der Waals surface area (Å²) < 4.78 is 5.41. The zero-order chi connectivity index (χ0) is 25.3. The molecule has 8 nitrogen and oxygen atoms in total. The molecule has 2 aromatic rings. The number of piperidine rings is 1. The molecule has 0 radical (unpaired) electrons. The van der Waals surface area contributed by atoms with Gasteiger partial charge in [0.1, 0.15) is 0 Å². The van der Waals surface area contributed by atoms with Crippen LogP contribution in [0.2, 0.25) is 0 Å². The summed E-state index contributed by atoms with van der Waals surface area (Å²) in [5.74, 6) is 0.583. The summed E-state index contributed by atoms with van der Waals surface area (Å²) in [4.78, 5) is 30.7. The molecule has 2 aromatic carbocycles. The molecule has 0 saturated carbocycles. The van der Waals surface area contributed by atoms with Crippen LogP contribution in [-0.2, 0) is 11.2 Å². The third-order valence-electron chi connectivity index (χ3n) is 7.09. The molecule has 0 bridgehead atoms. The Morgan fingerprint density at radius 1 is 1.00 bits per heavy atom. The fourth-order valence-corrected chi connectivity index (χ4v) is 4.80. The lowest BCUT2D eigenvalue weighted by Gasteiger charge is -2.33. The minimum absolute atomic E-state index is 0.114. The van der Waals surface area contributed by atoms with Crippen LogP contribution in [0.3, 0.4) is 0 Å². The maximum Gasteiger partial charge on any atom is 0.323 e. The number of amides is 3. The van der Waals surface area contributed by atoms with Crippen LogP contribution in [0.1, 0.15) is 42.6 Å². The SMILES string of the molecule is CCc1ccccc1NC(=O)Nc1ccc(N2CCC(C)CC2)c(C(=O)NCCN2CCOCC2)c1. The van der Waals surface area contributed by atoms with Crippen molar-refractivity contribution in [2.75, 3.05) is 68.0 Å². The predicted octanol–water partition coefficient (Wildman–Crippen LogP) is 4.19. The maximum absolute atomic E-state index is 13.3. The summed E-state index contributed by atoms with van der Waals surface area (Å²) >= 11 is 0. The van der Waals surface area contributed by atoms with Crippen molar-refractivity contribution >= 4 is 29.0 Å². The summed E-state index contributed by atoms with van der Waals surface area (Å²) in [5, 5.41) is 8.94. The number of anilines is 3. The van der Waals surface area contributed by atoms with Crippen LogP contribution in [-0.4, -0.2) is 69.3 Å². The van der Waals surface area contributed by atoms with Gasteiger partial charge in [-0.1, -0.05) is 32.0 Å². The van der Waals surface area contributed by atoms with Gasteiger partial charge in [-0.05, 0) is 55.0 Å². The first kappa shape index (κ1) is 26.0. The zero-order valence-corrected chi connectivity index (χ0v) is 21.5. The van der Waals surface area contributed by atoms with Crippen molar-refractivity contribution in [3.8, 4) is 0 Å². The Morgan fingerprint density at radius 3 is 2.50 bits per heavy atom. The van der Waals surface area contributed by atoms with Gasteiger partial charge >= 0.3 is 6.03 Å². The summed E-state index contributed by atoms with van der Waals surface area (Å²) in [5.41, 5.74) is 3.97. The van der Waals surface area contributed by atoms with E-state index in [1.807, 2.05) is 36.4 Å². The van der Waals surface area contributed by atoms with Gasteiger partial charge in [-0.3, -0.25) is 9.69 Å². The third kappa shape index (κ3) is 6.98. The van der Waals surface area contributed by atoms with E-state index in [0.717, 1.165) is 82.1 Å². The van der Waals surface area contributed by atoms with Crippen LogP contribution in [0, 0.1) is 5.92 Å². The van der Waals surface area contributed by atoms with Crippen LogP contribution >= 0.6 is 0 Å². The Labute approximate surface area is 214 Å². The van der Waals surface area contributed by atoms with E-state index in [-0.39, 0.29) is 11.9 Å². The van der Waals surface area contributed by atoms with E-state index in [1.165, 1.54) is 0 Å². The van der Waals surface area contributed by atoms with Gasteiger partial charge < -0.3 is 25.6 Å². The number of aryl methyl sites for hydroxylation is 1. The Hall–Kier alpha value is -3.10. The molecule has 194 valence electrons. The molecule has 0 unspecified atom stereocenters. The number of urea groups is 1. The monoisotopic (exact) mass is 493 g/mol. The highest BCUT2D eigenvalue weighted by atomic mass is 16.5. The Morgan fingerprint density at radius 2 is 1.75 bits per heavy atom. The number of hydrogen-bond donors (Lipinski definition) is 3.